The van der Waals surface area contributed by atoms with Crippen molar-refractivity contribution in [1.82, 2.24) is 4.90 Å². The van der Waals surface area contributed by atoms with Gasteiger partial charge in [0.25, 0.3) is 0 Å². The van der Waals surface area contributed by atoms with E-state index in [-0.39, 0.29) is 11.8 Å². The minimum Gasteiger partial charge on any atom is -0.440 e. The predicted octanol–water partition coefficient (Wildman–Crippen LogP) is 6.00. The van der Waals surface area contributed by atoms with Crippen LogP contribution in [-0.2, 0) is 4.74 Å². The number of allylic oxidation sites excluding steroid dienone is 1. The summed E-state index contributed by atoms with van der Waals surface area (Å²) in [7, 11) is 0. The van der Waals surface area contributed by atoms with Gasteiger partial charge >= 0.3 is 0 Å². The van der Waals surface area contributed by atoms with Crippen LogP contribution in [0.2, 0.25) is 0 Å². The molecular weight excluding hydrogens is 446 g/mol. The summed E-state index contributed by atoms with van der Waals surface area (Å²) in [5.74, 6) is 0.812. The van der Waals surface area contributed by atoms with Crippen LogP contribution in [0.5, 0.6) is 0 Å². The molecule has 2 aliphatic rings. The highest BCUT2D eigenvalue weighted by Crippen LogP contribution is 2.44. The Hall–Kier alpha value is -2.59. The summed E-state index contributed by atoms with van der Waals surface area (Å²) in [4.78, 5) is 4.85. The molecule has 0 aliphatic carbocycles. The molecule has 2 aliphatic heterocycles. The highest BCUT2D eigenvalue weighted by Gasteiger charge is 2.38. The number of ether oxygens (including phenoxy) is 1. The minimum absolute atomic E-state index is 0.205. The fourth-order valence-electron chi connectivity index (χ4n) is 4.34. The first-order valence-electron chi connectivity index (χ1n) is 11.0. The van der Waals surface area contributed by atoms with E-state index in [1.165, 1.54) is 9.79 Å². The number of nitrogens with two attached hydrogens (primary N) is 1. The van der Waals surface area contributed by atoms with E-state index in [1.807, 2.05) is 0 Å². The van der Waals surface area contributed by atoms with Gasteiger partial charge in [-0.05, 0) is 73.4 Å². The first-order valence-corrected chi connectivity index (χ1v) is 13.4. The molecule has 0 saturated heterocycles. The first-order chi connectivity index (χ1) is 15.9. The zero-order valence-corrected chi connectivity index (χ0v) is 21.1. The molecule has 2 heterocycles. The molecular formula is C27H29N3OS2. The quantitative estimate of drug-likeness (QED) is 0.535. The van der Waals surface area contributed by atoms with Crippen molar-refractivity contribution >= 4 is 29.6 Å². The molecule has 4 rings (SSSR count). The van der Waals surface area contributed by atoms with E-state index in [0.29, 0.717) is 11.6 Å². The predicted molar refractivity (Wildman–Crippen MR) is 139 cm³/mol. The van der Waals surface area contributed by atoms with Gasteiger partial charge in [-0.1, -0.05) is 24.3 Å². The smallest absolute Gasteiger partial charge is 0.205 e. The summed E-state index contributed by atoms with van der Waals surface area (Å²) in [6.07, 6.45) is 6.33. The maximum atomic E-state index is 9.98. The zero-order valence-electron chi connectivity index (χ0n) is 19.5. The highest BCUT2D eigenvalue weighted by molar-refractivity contribution is 7.98. The van der Waals surface area contributed by atoms with E-state index in [2.05, 4.69) is 91.9 Å². The molecule has 2 N–H and O–H groups in total. The molecule has 0 unspecified atom stereocenters. The average molecular weight is 476 g/mol. The molecule has 0 radical (unpaired) electrons. The Kier molecular flexibility index (Phi) is 7.23. The number of nitrogens with zero attached hydrogens (tertiary/aromatic N) is 2. The number of rotatable bonds is 5. The van der Waals surface area contributed by atoms with Gasteiger partial charge in [-0.15, -0.1) is 23.5 Å². The lowest BCUT2D eigenvalue weighted by molar-refractivity contribution is 0.208. The highest BCUT2D eigenvalue weighted by atomic mass is 32.2. The van der Waals surface area contributed by atoms with Crippen molar-refractivity contribution in [3.63, 3.8) is 0 Å². The topological polar surface area (TPSA) is 62.3 Å². The molecule has 1 atom stereocenters. The molecule has 4 nitrogen and oxygen atoms in total. The summed E-state index contributed by atoms with van der Waals surface area (Å²) in [5.41, 5.74) is 11.2. The van der Waals surface area contributed by atoms with Crippen LogP contribution < -0.4 is 5.73 Å². The van der Waals surface area contributed by atoms with E-state index in [1.54, 1.807) is 23.5 Å². The zero-order chi connectivity index (χ0) is 23.5. The molecule has 6 heteroatoms. The van der Waals surface area contributed by atoms with Gasteiger partial charge in [0.15, 0.2) is 0 Å². The van der Waals surface area contributed by atoms with Gasteiger partial charge in [-0.25, -0.2) is 0 Å². The monoisotopic (exact) mass is 475 g/mol. The van der Waals surface area contributed by atoms with Crippen molar-refractivity contribution in [2.24, 2.45) is 5.73 Å². The van der Waals surface area contributed by atoms with E-state index in [0.717, 1.165) is 41.1 Å². The molecule has 0 aromatic heterocycles. The van der Waals surface area contributed by atoms with Crippen LogP contribution in [0.4, 0.5) is 0 Å². The molecule has 0 bridgehead atoms. The maximum absolute atomic E-state index is 9.98. The average Bonchev–Trinajstić information content (AvgIpc) is 2.84. The molecule has 170 valence electrons. The van der Waals surface area contributed by atoms with Gasteiger partial charge in [0, 0.05) is 34.5 Å². The Labute approximate surface area is 205 Å². The van der Waals surface area contributed by atoms with Crippen LogP contribution in [0.3, 0.4) is 0 Å². The normalized spacial score (nSPS) is 20.1. The Morgan fingerprint density at radius 2 is 1.64 bits per heavy atom. The largest absolute Gasteiger partial charge is 0.440 e. The summed E-state index contributed by atoms with van der Waals surface area (Å²) >= 11 is 3.44. The lowest BCUT2D eigenvalue weighted by atomic mass is 9.80. The Bertz CT molecular complexity index is 1160. The van der Waals surface area contributed by atoms with Gasteiger partial charge in [0.05, 0.1) is 5.92 Å². The number of hydrogen-bond donors (Lipinski definition) is 1. The third-order valence-corrected chi connectivity index (χ3v) is 7.69. The lowest BCUT2D eigenvalue weighted by Crippen LogP contribution is -2.41. The maximum Gasteiger partial charge on any atom is 0.205 e. The fraction of sp³-hybridized carbons (Fsp3) is 0.296. The molecule has 2 aromatic rings. The van der Waals surface area contributed by atoms with Crippen LogP contribution in [0, 0.1) is 11.3 Å². The molecule has 33 heavy (non-hydrogen) atoms. The van der Waals surface area contributed by atoms with Gasteiger partial charge in [-0.3, -0.25) is 4.90 Å². The Balaban J connectivity index is 1.84. The fourth-order valence-corrected chi connectivity index (χ4v) is 5.16. The number of nitriles is 1. The molecule has 0 fully saturated rings. The van der Waals surface area contributed by atoms with Crippen LogP contribution in [0.1, 0.15) is 30.9 Å². The van der Waals surface area contributed by atoms with Crippen LogP contribution in [0.25, 0.3) is 6.08 Å². The van der Waals surface area contributed by atoms with Crippen LogP contribution in [-0.4, -0.2) is 36.5 Å². The van der Waals surface area contributed by atoms with Crippen molar-refractivity contribution in [3.05, 3.63) is 88.0 Å². The van der Waals surface area contributed by atoms with Gasteiger partial charge in [-0.2, -0.15) is 5.26 Å². The van der Waals surface area contributed by atoms with E-state index in [9.17, 15) is 5.26 Å². The van der Waals surface area contributed by atoms with Crippen molar-refractivity contribution in [2.45, 2.75) is 35.6 Å². The minimum atomic E-state index is -0.210. The first kappa shape index (κ1) is 23.6. The molecule has 0 saturated carbocycles. The number of benzene rings is 2. The summed E-state index contributed by atoms with van der Waals surface area (Å²) < 4.78 is 6.16. The summed E-state index contributed by atoms with van der Waals surface area (Å²) in [5, 5.41) is 9.98. The van der Waals surface area contributed by atoms with Crippen LogP contribution >= 0.6 is 23.5 Å². The van der Waals surface area contributed by atoms with Gasteiger partial charge < -0.3 is 10.5 Å². The summed E-state index contributed by atoms with van der Waals surface area (Å²) in [6, 6.07) is 19.7. The lowest BCUT2D eigenvalue weighted by Gasteiger charge is -2.40. The summed E-state index contributed by atoms with van der Waals surface area (Å²) in [6.45, 7) is 5.92. The number of thioether (sulfide) groups is 2. The third-order valence-electron chi connectivity index (χ3n) is 6.20. The van der Waals surface area contributed by atoms with Crippen molar-refractivity contribution < 1.29 is 4.74 Å². The van der Waals surface area contributed by atoms with Crippen molar-refractivity contribution in [3.8, 4) is 6.07 Å². The second-order valence-electron chi connectivity index (χ2n) is 8.49. The Morgan fingerprint density at radius 1 is 1.03 bits per heavy atom. The van der Waals surface area contributed by atoms with E-state index >= 15 is 0 Å². The molecule has 0 amide bonds. The van der Waals surface area contributed by atoms with Gasteiger partial charge in [0.2, 0.25) is 5.88 Å². The van der Waals surface area contributed by atoms with Gasteiger partial charge in [0.1, 0.15) is 17.4 Å². The van der Waals surface area contributed by atoms with E-state index in [4.69, 9.17) is 10.5 Å². The molecule has 2 aromatic carbocycles. The SMILES string of the molecule is CSc1ccc(/C=C2\CN(C(C)C)CC3=C2OC(N)=C(C#N)[C@H]3c2ccc(SC)cc2)cc1. The third kappa shape index (κ3) is 4.86. The molecule has 0 spiro atoms. The van der Waals surface area contributed by atoms with Crippen LogP contribution in [0.15, 0.2) is 86.7 Å². The number of hydrogen-bond acceptors (Lipinski definition) is 6. The van der Waals surface area contributed by atoms with Crippen molar-refractivity contribution in [2.75, 3.05) is 25.6 Å². The standard InChI is InChI=1S/C27H29N3OS2/c1-17(2)30-15-20(13-18-5-9-21(32-3)10-6-18)26-24(16-30)25(23(14-28)27(29)31-26)19-7-11-22(33-4)12-8-19/h5-13,17,25H,15-16,29H2,1-4H3/b20-13+/t25-/m1/s1. The Morgan fingerprint density at radius 3 is 2.18 bits per heavy atom. The second-order valence-corrected chi connectivity index (χ2v) is 10.3. The second kappa shape index (κ2) is 10.1. The van der Waals surface area contributed by atoms with Crippen molar-refractivity contribution in [1.29, 1.82) is 5.26 Å². The van der Waals surface area contributed by atoms with E-state index < -0.39 is 0 Å².